The van der Waals surface area contributed by atoms with Crippen molar-refractivity contribution in [1.29, 1.82) is 0 Å². The van der Waals surface area contributed by atoms with Crippen LogP contribution in [-0.2, 0) is 11.3 Å². The minimum absolute atomic E-state index is 0.279. The van der Waals surface area contributed by atoms with E-state index in [1.54, 1.807) is 7.11 Å². The average Bonchev–Trinajstić information content (AvgIpc) is 2.42. The van der Waals surface area contributed by atoms with E-state index in [1.807, 2.05) is 13.1 Å². The van der Waals surface area contributed by atoms with Crippen LogP contribution >= 0.6 is 0 Å². The molecule has 0 radical (unpaired) electrons. The van der Waals surface area contributed by atoms with Gasteiger partial charge in [0.2, 0.25) is 0 Å². The fraction of sp³-hybridized carbons (Fsp3) is 0.733. The van der Waals surface area contributed by atoms with Gasteiger partial charge in [0.15, 0.2) is 5.82 Å². The van der Waals surface area contributed by atoms with E-state index >= 15 is 0 Å². The minimum atomic E-state index is 0.279. The molecule has 6 heteroatoms. The van der Waals surface area contributed by atoms with Gasteiger partial charge in [-0.05, 0) is 33.4 Å². The first-order chi connectivity index (χ1) is 10.0. The van der Waals surface area contributed by atoms with Crippen molar-refractivity contribution in [2.45, 2.75) is 31.4 Å². The Labute approximate surface area is 127 Å². The maximum atomic E-state index is 5.15. The molecule has 1 N–H and O–H groups in total. The molecule has 1 aromatic rings. The summed E-state index contributed by atoms with van der Waals surface area (Å²) in [6, 6.07) is 1.99. The molecule has 1 heterocycles. The van der Waals surface area contributed by atoms with Gasteiger partial charge in [0.05, 0.1) is 0 Å². The van der Waals surface area contributed by atoms with Gasteiger partial charge in [0.1, 0.15) is 18.2 Å². The number of ether oxygens (including phenoxy) is 1. The Morgan fingerprint density at radius 1 is 1.29 bits per heavy atom. The van der Waals surface area contributed by atoms with E-state index in [0.29, 0.717) is 12.4 Å². The number of anilines is 2. The van der Waals surface area contributed by atoms with E-state index < -0.39 is 0 Å². The predicted molar refractivity (Wildman–Crippen MR) is 85.8 cm³/mol. The van der Waals surface area contributed by atoms with Gasteiger partial charge in [0, 0.05) is 39.4 Å². The van der Waals surface area contributed by atoms with Gasteiger partial charge in [-0.15, -0.1) is 0 Å². The normalized spacial score (nSPS) is 16.7. The van der Waals surface area contributed by atoms with E-state index in [2.05, 4.69) is 46.2 Å². The molecule has 118 valence electrons. The largest absolute Gasteiger partial charge is 0.377 e. The first kappa shape index (κ1) is 16.0. The van der Waals surface area contributed by atoms with Crippen LogP contribution in [0.2, 0.25) is 0 Å². The molecule has 0 atom stereocenters. The molecule has 21 heavy (non-hydrogen) atoms. The van der Waals surface area contributed by atoms with Gasteiger partial charge in [-0.1, -0.05) is 0 Å². The van der Waals surface area contributed by atoms with Gasteiger partial charge in [-0.25, -0.2) is 9.97 Å². The number of rotatable bonds is 7. The molecular formula is C15H27N5O. The third kappa shape index (κ3) is 3.44. The summed E-state index contributed by atoms with van der Waals surface area (Å²) in [5.41, 5.74) is 0.279. The number of aromatic nitrogens is 2. The highest BCUT2D eigenvalue weighted by atomic mass is 16.5. The van der Waals surface area contributed by atoms with Gasteiger partial charge in [0.25, 0.3) is 0 Å². The molecule has 1 saturated carbocycles. The summed E-state index contributed by atoms with van der Waals surface area (Å²) >= 11 is 0. The van der Waals surface area contributed by atoms with E-state index in [-0.39, 0.29) is 5.54 Å². The maximum absolute atomic E-state index is 5.15. The second kappa shape index (κ2) is 6.58. The summed E-state index contributed by atoms with van der Waals surface area (Å²) in [7, 11) is 9.97. The zero-order chi connectivity index (χ0) is 15.5. The zero-order valence-electron chi connectivity index (χ0n) is 13.8. The molecule has 0 spiro atoms. The molecule has 0 aromatic carbocycles. The second-order valence-electron chi connectivity index (χ2n) is 6.04. The van der Waals surface area contributed by atoms with Crippen LogP contribution in [0.3, 0.4) is 0 Å². The molecule has 0 amide bonds. The topological polar surface area (TPSA) is 53.5 Å². The number of likely N-dealkylation sites (N-methyl/N-ethyl adjacent to an activating group) is 2. The molecule has 1 aliphatic carbocycles. The van der Waals surface area contributed by atoms with Crippen LogP contribution in [0, 0.1) is 0 Å². The van der Waals surface area contributed by atoms with Crippen molar-refractivity contribution in [2.24, 2.45) is 0 Å². The number of nitrogens with zero attached hydrogens (tertiary/aromatic N) is 4. The maximum Gasteiger partial charge on any atom is 0.158 e. The Morgan fingerprint density at radius 3 is 2.48 bits per heavy atom. The molecule has 0 unspecified atom stereocenters. The first-order valence-electron chi connectivity index (χ1n) is 7.44. The predicted octanol–water partition coefficient (Wildman–Crippen LogP) is 1.59. The SMILES string of the molecule is CNc1cc(N(C)CC2(N(C)C)CCC2)nc(COC)n1. The standard InChI is InChI=1S/C15H27N5O/c1-16-12-9-14(18-13(17-12)10-21-5)20(4)11-15(19(2)3)7-6-8-15/h9H,6-8,10-11H2,1-5H3,(H,16,17,18). The van der Waals surface area contributed by atoms with Gasteiger partial charge in [-0.2, -0.15) is 0 Å². The van der Waals surface area contributed by atoms with Crippen molar-refractivity contribution in [2.75, 3.05) is 52.1 Å². The molecule has 1 aromatic heterocycles. The van der Waals surface area contributed by atoms with Crippen molar-refractivity contribution in [3.05, 3.63) is 11.9 Å². The smallest absolute Gasteiger partial charge is 0.158 e. The fourth-order valence-electron chi connectivity index (χ4n) is 2.85. The Morgan fingerprint density at radius 2 is 2.00 bits per heavy atom. The van der Waals surface area contributed by atoms with Crippen molar-refractivity contribution >= 4 is 11.6 Å². The van der Waals surface area contributed by atoms with Crippen LogP contribution in [0.4, 0.5) is 11.6 Å². The highest BCUT2D eigenvalue weighted by Crippen LogP contribution is 2.37. The van der Waals surface area contributed by atoms with Gasteiger partial charge in [-0.3, -0.25) is 0 Å². The lowest BCUT2D eigenvalue weighted by Crippen LogP contribution is -2.56. The highest BCUT2D eigenvalue weighted by Gasteiger charge is 2.40. The van der Waals surface area contributed by atoms with E-state index in [0.717, 1.165) is 18.2 Å². The first-order valence-corrected chi connectivity index (χ1v) is 7.44. The molecule has 0 saturated heterocycles. The number of methoxy groups -OCH3 is 1. The van der Waals surface area contributed by atoms with Crippen molar-refractivity contribution in [3.63, 3.8) is 0 Å². The quantitative estimate of drug-likeness (QED) is 0.824. The highest BCUT2D eigenvalue weighted by molar-refractivity contribution is 5.49. The Balaban J connectivity index is 2.17. The van der Waals surface area contributed by atoms with E-state index in [4.69, 9.17) is 4.74 Å². The van der Waals surface area contributed by atoms with E-state index in [9.17, 15) is 0 Å². The Hall–Kier alpha value is -1.40. The van der Waals surface area contributed by atoms with Crippen LogP contribution in [-0.4, -0.2) is 62.3 Å². The summed E-state index contributed by atoms with van der Waals surface area (Å²) < 4.78 is 5.15. The molecule has 0 bridgehead atoms. The molecular weight excluding hydrogens is 266 g/mol. The van der Waals surface area contributed by atoms with Crippen molar-refractivity contribution < 1.29 is 4.74 Å². The van der Waals surface area contributed by atoms with Gasteiger partial charge < -0.3 is 19.9 Å². The number of hydrogen-bond acceptors (Lipinski definition) is 6. The van der Waals surface area contributed by atoms with E-state index in [1.165, 1.54) is 19.3 Å². The molecule has 1 aliphatic rings. The molecule has 2 rings (SSSR count). The lowest BCUT2D eigenvalue weighted by Gasteiger charge is -2.49. The Kier molecular flexibility index (Phi) is 5.00. The zero-order valence-corrected chi connectivity index (χ0v) is 13.8. The third-order valence-electron chi connectivity index (χ3n) is 4.44. The molecule has 6 nitrogen and oxygen atoms in total. The van der Waals surface area contributed by atoms with Gasteiger partial charge >= 0.3 is 0 Å². The molecule has 1 fully saturated rings. The summed E-state index contributed by atoms with van der Waals surface area (Å²) in [5.74, 6) is 2.47. The summed E-state index contributed by atoms with van der Waals surface area (Å²) in [5, 5.41) is 3.09. The number of nitrogens with one attached hydrogen (secondary N) is 1. The van der Waals surface area contributed by atoms with Crippen molar-refractivity contribution in [1.82, 2.24) is 14.9 Å². The fourth-order valence-corrected chi connectivity index (χ4v) is 2.85. The second-order valence-corrected chi connectivity index (χ2v) is 6.04. The lowest BCUT2D eigenvalue weighted by molar-refractivity contribution is 0.0681. The van der Waals surface area contributed by atoms with Crippen LogP contribution < -0.4 is 10.2 Å². The monoisotopic (exact) mass is 293 g/mol. The lowest BCUT2D eigenvalue weighted by atomic mass is 9.75. The van der Waals surface area contributed by atoms with Crippen molar-refractivity contribution in [3.8, 4) is 0 Å². The van der Waals surface area contributed by atoms with Crippen LogP contribution in [0.5, 0.6) is 0 Å². The van der Waals surface area contributed by atoms with Crippen LogP contribution in [0.1, 0.15) is 25.1 Å². The summed E-state index contributed by atoms with van der Waals surface area (Å²) in [4.78, 5) is 13.6. The number of hydrogen-bond donors (Lipinski definition) is 1. The van der Waals surface area contributed by atoms with Crippen LogP contribution in [0.15, 0.2) is 6.07 Å². The summed E-state index contributed by atoms with van der Waals surface area (Å²) in [6.07, 6.45) is 3.81. The molecule has 0 aliphatic heterocycles. The third-order valence-corrected chi connectivity index (χ3v) is 4.44. The minimum Gasteiger partial charge on any atom is -0.377 e. The summed E-state index contributed by atoms with van der Waals surface area (Å²) in [6.45, 7) is 1.40. The van der Waals surface area contributed by atoms with Crippen LogP contribution in [0.25, 0.3) is 0 Å². The average molecular weight is 293 g/mol. The Bertz CT molecular complexity index is 473.